The van der Waals surface area contributed by atoms with Gasteiger partial charge in [0.25, 0.3) is 0 Å². The summed E-state index contributed by atoms with van der Waals surface area (Å²) in [6.45, 7) is 12.6. The molecule has 44 heavy (non-hydrogen) atoms. The maximum Gasteiger partial charge on any atom is 0.340 e. The number of hydrogen-bond acceptors (Lipinski definition) is 6. The lowest BCUT2D eigenvalue weighted by atomic mass is 10.0. The average molecular weight is 636 g/mol. The van der Waals surface area contributed by atoms with Crippen LogP contribution in [0.1, 0.15) is 74.0 Å². The van der Waals surface area contributed by atoms with E-state index in [0.717, 1.165) is 33.3 Å². The predicted molar refractivity (Wildman–Crippen MR) is 175 cm³/mol. The molecule has 2 heterocycles. The predicted octanol–water partition coefficient (Wildman–Crippen LogP) is 10.0. The first-order valence-corrected chi connectivity index (χ1v) is 15.4. The highest BCUT2D eigenvalue weighted by molar-refractivity contribution is 6.39. The number of nitrogens with zero attached hydrogens (tertiary/aromatic N) is 2. The van der Waals surface area contributed by atoms with Crippen molar-refractivity contribution in [2.24, 2.45) is 0 Å². The molecule has 3 aromatic carbocycles. The highest BCUT2D eigenvalue weighted by atomic mass is 35.5. The highest BCUT2D eigenvalue weighted by Crippen LogP contribution is 2.40. The Morgan fingerprint density at radius 2 is 1.75 bits per heavy atom. The first-order valence-electron chi connectivity index (χ1n) is 14.6. The molecule has 2 aromatic heterocycles. The van der Waals surface area contributed by atoms with Crippen LogP contribution >= 0.6 is 23.2 Å². The summed E-state index contributed by atoms with van der Waals surface area (Å²) in [5, 5.41) is 6.15. The van der Waals surface area contributed by atoms with Crippen LogP contribution in [-0.2, 0) is 11.3 Å². The summed E-state index contributed by atoms with van der Waals surface area (Å²) in [5.74, 6) is 1.73. The van der Waals surface area contributed by atoms with Gasteiger partial charge in [0.2, 0.25) is 0 Å². The Hall–Kier alpha value is -3.94. The normalized spacial score (nSPS) is 11.5. The molecule has 0 spiro atoms. The topological polar surface area (TPSA) is 75.7 Å². The standard InChI is InChI=1S/C35H36Cl2N2O5/c1-8-42-35(40)31-21(6)39(20(4)5)29-16-22(12-14-25(29)31)24-15-13-23(17-30(24)41-7)43-18-26-33(38-44-34(26)19(2)3)32-27(36)10-9-11-28(32)37/h9-17,19-20H,8,18H2,1-7H3. The Kier molecular flexibility index (Phi) is 9.28. The van der Waals surface area contributed by atoms with Crippen LogP contribution in [0.15, 0.2) is 59.1 Å². The van der Waals surface area contributed by atoms with Crippen LogP contribution in [0.25, 0.3) is 33.3 Å². The summed E-state index contributed by atoms with van der Waals surface area (Å²) in [5.41, 5.74) is 6.24. The minimum Gasteiger partial charge on any atom is -0.496 e. The van der Waals surface area contributed by atoms with Gasteiger partial charge in [-0.05, 0) is 63.6 Å². The molecule has 0 radical (unpaired) electrons. The van der Waals surface area contributed by atoms with Gasteiger partial charge in [-0.2, -0.15) is 0 Å². The van der Waals surface area contributed by atoms with Gasteiger partial charge in [0.05, 0.1) is 34.9 Å². The van der Waals surface area contributed by atoms with Crippen LogP contribution in [0, 0.1) is 6.92 Å². The van der Waals surface area contributed by atoms with Gasteiger partial charge < -0.3 is 23.3 Å². The van der Waals surface area contributed by atoms with Crippen LogP contribution in [0.2, 0.25) is 10.0 Å². The molecular formula is C35H36Cl2N2O5. The summed E-state index contributed by atoms with van der Waals surface area (Å²) in [4.78, 5) is 12.9. The van der Waals surface area contributed by atoms with Crippen molar-refractivity contribution in [1.29, 1.82) is 0 Å². The van der Waals surface area contributed by atoms with Gasteiger partial charge in [0, 0.05) is 45.7 Å². The minimum atomic E-state index is -0.311. The Bertz CT molecular complexity index is 1820. The molecule has 0 aliphatic carbocycles. The lowest BCUT2D eigenvalue weighted by Gasteiger charge is -2.15. The van der Waals surface area contributed by atoms with Crippen molar-refractivity contribution in [1.82, 2.24) is 9.72 Å². The second-order valence-electron chi connectivity index (χ2n) is 11.2. The number of ether oxygens (including phenoxy) is 3. The van der Waals surface area contributed by atoms with Gasteiger partial charge in [0.1, 0.15) is 29.6 Å². The Morgan fingerprint density at radius 3 is 2.39 bits per heavy atom. The number of rotatable bonds is 10. The Labute approximate surface area is 267 Å². The van der Waals surface area contributed by atoms with Crippen LogP contribution < -0.4 is 9.47 Å². The fraction of sp³-hybridized carbons (Fsp3) is 0.314. The van der Waals surface area contributed by atoms with Crippen LogP contribution in [-0.4, -0.2) is 29.4 Å². The second-order valence-corrected chi connectivity index (χ2v) is 12.0. The summed E-state index contributed by atoms with van der Waals surface area (Å²) in [7, 11) is 1.63. The molecule has 0 amide bonds. The largest absolute Gasteiger partial charge is 0.496 e. The summed E-state index contributed by atoms with van der Waals surface area (Å²) < 4.78 is 25.4. The summed E-state index contributed by atoms with van der Waals surface area (Å²) >= 11 is 13.0. The summed E-state index contributed by atoms with van der Waals surface area (Å²) in [6, 6.07) is 17.3. The van der Waals surface area contributed by atoms with E-state index >= 15 is 0 Å². The lowest BCUT2D eigenvalue weighted by Crippen LogP contribution is -2.08. The second kappa shape index (κ2) is 13.0. The number of carbonyl (C=O) groups is 1. The number of esters is 1. The average Bonchev–Trinajstić information content (AvgIpc) is 3.53. The third kappa shape index (κ3) is 5.78. The van der Waals surface area contributed by atoms with E-state index in [2.05, 4.69) is 29.6 Å². The van der Waals surface area contributed by atoms with E-state index in [9.17, 15) is 4.79 Å². The van der Waals surface area contributed by atoms with Crippen LogP contribution in [0.3, 0.4) is 0 Å². The van der Waals surface area contributed by atoms with Gasteiger partial charge in [-0.1, -0.05) is 60.4 Å². The lowest BCUT2D eigenvalue weighted by molar-refractivity contribution is 0.0527. The van der Waals surface area contributed by atoms with Crippen LogP contribution in [0.5, 0.6) is 11.5 Å². The maximum absolute atomic E-state index is 12.9. The van der Waals surface area contributed by atoms with Crippen molar-refractivity contribution in [2.45, 2.75) is 60.1 Å². The quantitative estimate of drug-likeness (QED) is 0.142. The van der Waals surface area contributed by atoms with Gasteiger partial charge in [0.15, 0.2) is 0 Å². The number of carbonyl (C=O) groups excluding carboxylic acids is 1. The SMILES string of the molecule is CCOC(=O)c1c(C)n(C(C)C)c2cc(-c3ccc(OCc4c(-c5c(Cl)cccc5Cl)noc4C(C)C)cc3OC)ccc12. The van der Waals surface area contributed by atoms with E-state index in [-0.39, 0.29) is 24.5 Å². The number of hydrogen-bond donors (Lipinski definition) is 0. The number of aromatic nitrogens is 2. The molecule has 0 atom stereocenters. The van der Waals surface area contributed by atoms with E-state index in [1.54, 1.807) is 25.3 Å². The fourth-order valence-electron chi connectivity index (χ4n) is 5.72. The molecule has 7 nitrogen and oxygen atoms in total. The van der Waals surface area contributed by atoms with E-state index in [0.29, 0.717) is 50.7 Å². The van der Waals surface area contributed by atoms with Gasteiger partial charge in [-0.25, -0.2) is 4.79 Å². The van der Waals surface area contributed by atoms with E-state index < -0.39 is 0 Å². The van der Waals surface area contributed by atoms with Crippen molar-refractivity contribution < 1.29 is 23.5 Å². The zero-order valence-electron chi connectivity index (χ0n) is 26.0. The zero-order chi connectivity index (χ0) is 31.7. The van der Waals surface area contributed by atoms with Crippen molar-refractivity contribution in [3.05, 3.63) is 87.2 Å². The fourth-order valence-corrected chi connectivity index (χ4v) is 6.30. The van der Waals surface area contributed by atoms with Crippen molar-refractivity contribution in [3.8, 4) is 33.9 Å². The first-order chi connectivity index (χ1) is 21.1. The van der Waals surface area contributed by atoms with Crippen molar-refractivity contribution >= 4 is 40.1 Å². The van der Waals surface area contributed by atoms with E-state index in [1.807, 2.05) is 58.0 Å². The molecular weight excluding hydrogens is 599 g/mol. The molecule has 9 heteroatoms. The van der Waals surface area contributed by atoms with Crippen molar-refractivity contribution in [2.75, 3.05) is 13.7 Å². The third-order valence-electron chi connectivity index (χ3n) is 7.66. The molecule has 0 N–H and O–H groups in total. The molecule has 0 saturated heterocycles. The Balaban J connectivity index is 1.50. The molecule has 0 aliphatic heterocycles. The minimum absolute atomic E-state index is 0.0701. The van der Waals surface area contributed by atoms with Gasteiger partial charge in [-0.3, -0.25) is 0 Å². The monoisotopic (exact) mass is 634 g/mol. The van der Waals surface area contributed by atoms with Crippen LogP contribution in [0.4, 0.5) is 0 Å². The van der Waals surface area contributed by atoms with Crippen molar-refractivity contribution in [3.63, 3.8) is 0 Å². The molecule has 0 saturated carbocycles. The number of methoxy groups -OCH3 is 1. The van der Waals surface area contributed by atoms with E-state index in [1.165, 1.54) is 0 Å². The first kappa shape index (κ1) is 31.5. The van der Waals surface area contributed by atoms with Gasteiger partial charge >= 0.3 is 5.97 Å². The molecule has 0 unspecified atom stereocenters. The zero-order valence-corrected chi connectivity index (χ0v) is 27.5. The number of benzene rings is 3. The van der Waals surface area contributed by atoms with E-state index in [4.69, 9.17) is 41.9 Å². The molecule has 0 bridgehead atoms. The molecule has 230 valence electrons. The summed E-state index contributed by atoms with van der Waals surface area (Å²) in [6.07, 6.45) is 0. The number of fused-ring (bicyclic) bond motifs is 1. The molecule has 5 aromatic rings. The number of halogens is 2. The Morgan fingerprint density at radius 1 is 1.02 bits per heavy atom. The molecule has 5 rings (SSSR count). The molecule has 0 aliphatic rings. The van der Waals surface area contributed by atoms with Gasteiger partial charge in [-0.15, -0.1) is 0 Å². The smallest absolute Gasteiger partial charge is 0.340 e. The third-order valence-corrected chi connectivity index (χ3v) is 8.29. The maximum atomic E-state index is 12.9. The molecule has 0 fully saturated rings. The highest BCUT2D eigenvalue weighted by Gasteiger charge is 2.25.